The number of anilines is 2. The first-order valence-corrected chi connectivity index (χ1v) is 9.19. The topological polar surface area (TPSA) is 55.4 Å². The number of hydrogen-bond acceptors (Lipinski definition) is 4. The van der Waals surface area contributed by atoms with Crippen molar-refractivity contribution in [2.45, 2.75) is 18.7 Å². The summed E-state index contributed by atoms with van der Waals surface area (Å²) in [6.45, 7) is 0. The predicted molar refractivity (Wildman–Crippen MR) is 105 cm³/mol. The minimum atomic E-state index is -4.47. The second kappa shape index (κ2) is 7.67. The first kappa shape index (κ1) is 19.7. The lowest BCUT2D eigenvalue weighted by Crippen LogP contribution is -2.10. The number of halogens is 3. The number of rotatable bonds is 5. The van der Waals surface area contributed by atoms with Crippen LogP contribution in [0.3, 0.4) is 0 Å². The average molecular weight is 411 g/mol. The van der Waals surface area contributed by atoms with Gasteiger partial charge in [0.15, 0.2) is 5.78 Å². The van der Waals surface area contributed by atoms with Crippen LogP contribution >= 0.6 is 0 Å². The molecule has 0 saturated heterocycles. The predicted octanol–water partition coefficient (Wildman–Crippen LogP) is 5.93. The largest absolute Gasteiger partial charge is 0.453 e. The van der Waals surface area contributed by atoms with E-state index in [0.717, 1.165) is 12.1 Å². The number of benzene rings is 3. The van der Waals surface area contributed by atoms with Crippen LogP contribution in [0.4, 0.5) is 24.5 Å². The third-order valence-electron chi connectivity index (χ3n) is 4.84. The summed E-state index contributed by atoms with van der Waals surface area (Å²) in [7, 11) is 0. The SMILES string of the molecule is O=C(CC1OC(=O)c2ccccc21)c1ccccc1Nc1cccc(C(F)(F)F)c1. The number of alkyl halides is 3. The van der Waals surface area contributed by atoms with Gasteiger partial charge in [0.05, 0.1) is 17.5 Å². The van der Waals surface area contributed by atoms with Crippen LogP contribution in [0, 0.1) is 0 Å². The third-order valence-corrected chi connectivity index (χ3v) is 4.84. The number of fused-ring (bicyclic) bond motifs is 1. The molecule has 0 aromatic heterocycles. The minimum absolute atomic E-state index is 0.0654. The number of ketones is 1. The van der Waals surface area contributed by atoms with Crippen molar-refractivity contribution in [3.8, 4) is 0 Å². The molecular weight excluding hydrogens is 395 g/mol. The van der Waals surface area contributed by atoms with Crippen molar-refractivity contribution >= 4 is 23.1 Å². The minimum Gasteiger partial charge on any atom is -0.453 e. The molecule has 4 rings (SSSR count). The van der Waals surface area contributed by atoms with E-state index in [1.54, 1.807) is 48.5 Å². The maximum absolute atomic E-state index is 13.0. The zero-order valence-electron chi connectivity index (χ0n) is 15.6. The first-order chi connectivity index (χ1) is 14.3. The van der Waals surface area contributed by atoms with Crippen LogP contribution in [-0.2, 0) is 10.9 Å². The highest BCUT2D eigenvalue weighted by Gasteiger charge is 2.33. The van der Waals surface area contributed by atoms with Crippen molar-refractivity contribution in [1.82, 2.24) is 0 Å². The fourth-order valence-corrected chi connectivity index (χ4v) is 3.41. The Morgan fingerprint density at radius 1 is 0.967 bits per heavy atom. The highest BCUT2D eigenvalue weighted by atomic mass is 19.4. The van der Waals surface area contributed by atoms with Crippen molar-refractivity contribution in [2.75, 3.05) is 5.32 Å². The molecular formula is C23H16F3NO3. The molecule has 1 unspecified atom stereocenters. The van der Waals surface area contributed by atoms with Crippen molar-refractivity contribution < 1.29 is 27.5 Å². The van der Waals surface area contributed by atoms with Crippen molar-refractivity contribution in [1.29, 1.82) is 0 Å². The number of para-hydroxylation sites is 1. The fourth-order valence-electron chi connectivity index (χ4n) is 3.41. The van der Waals surface area contributed by atoms with Gasteiger partial charge in [-0.1, -0.05) is 36.4 Å². The van der Waals surface area contributed by atoms with E-state index in [1.165, 1.54) is 12.1 Å². The Kier molecular flexibility index (Phi) is 5.03. The van der Waals surface area contributed by atoms with Gasteiger partial charge in [0.1, 0.15) is 6.10 Å². The fraction of sp³-hybridized carbons (Fsp3) is 0.130. The Bertz CT molecular complexity index is 1120. The van der Waals surface area contributed by atoms with E-state index in [4.69, 9.17) is 4.74 Å². The van der Waals surface area contributed by atoms with Crippen LogP contribution in [0.15, 0.2) is 72.8 Å². The van der Waals surface area contributed by atoms with E-state index in [9.17, 15) is 22.8 Å². The molecule has 30 heavy (non-hydrogen) atoms. The van der Waals surface area contributed by atoms with Crippen LogP contribution in [0.1, 0.15) is 44.4 Å². The second-order valence-electron chi connectivity index (χ2n) is 6.86. The van der Waals surface area contributed by atoms with Crippen LogP contribution in [0.5, 0.6) is 0 Å². The van der Waals surface area contributed by atoms with Gasteiger partial charge in [-0.05, 0) is 36.4 Å². The molecule has 0 amide bonds. The molecule has 7 heteroatoms. The maximum atomic E-state index is 13.0. The Balaban J connectivity index is 1.57. The number of hydrogen-bond donors (Lipinski definition) is 1. The number of esters is 1. The van der Waals surface area contributed by atoms with Gasteiger partial charge in [-0.2, -0.15) is 13.2 Å². The van der Waals surface area contributed by atoms with Crippen molar-refractivity contribution in [2.24, 2.45) is 0 Å². The maximum Gasteiger partial charge on any atom is 0.416 e. The highest BCUT2D eigenvalue weighted by Crippen LogP contribution is 2.35. The Morgan fingerprint density at radius 2 is 1.70 bits per heavy atom. The standard InChI is InChI=1S/C23H16F3NO3/c24-23(25,26)14-6-5-7-15(12-14)27-19-11-4-3-10-18(19)20(28)13-21-16-8-1-2-9-17(16)22(29)30-21/h1-12,21,27H,13H2. The molecule has 3 aromatic carbocycles. The molecule has 1 aliphatic rings. The molecule has 0 radical (unpaired) electrons. The van der Waals surface area contributed by atoms with Crippen LogP contribution < -0.4 is 5.32 Å². The van der Waals surface area contributed by atoms with Gasteiger partial charge >= 0.3 is 12.1 Å². The monoisotopic (exact) mass is 411 g/mol. The molecule has 0 spiro atoms. The van der Waals surface area contributed by atoms with Crippen molar-refractivity contribution in [3.05, 3.63) is 95.1 Å². The van der Waals surface area contributed by atoms with E-state index >= 15 is 0 Å². The molecule has 152 valence electrons. The highest BCUT2D eigenvalue weighted by molar-refractivity contribution is 6.03. The molecule has 1 N–H and O–H groups in total. The summed E-state index contributed by atoms with van der Waals surface area (Å²) in [6, 6.07) is 18.2. The van der Waals surface area contributed by atoms with Crippen LogP contribution in [0.25, 0.3) is 0 Å². The van der Waals surface area contributed by atoms with E-state index in [2.05, 4.69) is 5.32 Å². The van der Waals surface area contributed by atoms with Crippen LogP contribution in [-0.4, -0.2) is 11.8 Å². The smallest absolute Gasteiger partial charge is 0.416 e. The molecule has 3 aromatic rings. The normalized spacial score (nSPS) is 15.4. The number of carbonyl (C=O) groups excluding carboxylic acids is 2. The lowest BCUT2D eigenvalue weighted by molar-refractivity contribution is -0.137. The van der Waals surface area contributed by atoms with E-state index in [1.807, 2.05) is 0 Å². The van der Waals surface area contributed by atoms with Gasteiger partial charge in [0, 0.05) is 22.5 Å². The van der Waals surface area contributed by atoms with Gasteiger partial charge in [-0.15, -0.1) is 0 Å². The molecule has 1 atom stereocenters. The lowest BCUT2D eigenvalue weighted by atomic mass is 9.97. The van der Waals surface area contributed by atoms with E-state index < -0.39 is 23.8 Å². The summed E-state index contributed by atoms with van der Waals surface area (Å²) < 4.78 is 44.2. The van der Waals surface area contributed by atoms with Gasteiger partial charge < -0.3 is 10.1 Å². The summed E-state index contributed by atoms with van der Waals surface area (Å²) >= 11 is 0. The number of carbonyl (C=O) groups is 2. The molecule has 0 bridgehead atoms. The summed E-state index contributed by atoms with van der Waals surface area (Å²) in [5.74, 6) is -0.765. The van der Waals surface area contributed by atoms with E-state index in [-0.39, 0.29) is 17.9 Å². The van der Waals surface area contributed by atoms with Crippen molar-refractivity contribution in [3.63, 3.8) is 0 Å². The number of nitrogens with one attached hydrogen (secondary N) is 1. The quantitative estimate of drug-likeness (QED) is 0.417. The Labute approximate surface area is 170 Å². The van der Waals surface area contributed by atoms with E-state index in [0.29, 0.717) is 22.4 Å². The molecule has 0 aliphatic carbocycles. The zero-order valence-corrected chi connectivity index (χ0v) is 15.6. The first-order valence-electron chi connectivity index (χ1n) is 9.19. The number of cyclic esters (lactones) is 1. The van der Waals surface area contributed by atoms with Gasteiger partial charge in [0.2, 0.25) is 0 Å². The summed E-state index contributed by atoms with van der Waals surface area (Å²) in [4.78, 5) is 24.9. The number of ether oxygens (including phenoxy) is 1. The molecule has 4 nitrogen and oxygen atoms in total. The summed E-state index contributed by atoms with van der Waals surface area (Å²) in [5.41, 5.74) is 1.19. The van der Waals surface area contributed by atoms with Gasteiger partial charge in [-0.3, -0.25) is 4.79 Å². The number of Topliss-reactive ketones (excluding diaryl/α,β-unsaturated/α-hetero) is 1. The lowest BCUT2D eigenvalue weighted by Gasteiger charge is -2.15. The summed E-state index contributed by atoms with van der Waals surface area (Å²) in [5, 5.41) is 2.89. The zero-order chi connectivity index (χ0) is 21.3. The third kappa shape index (κ3) is 3.91. The molecule has 1 aliphatic heterocycles. The molecule has 0 saturated carbocycles. The van der Waals surface area contributed by atoms with Gasteiger partial charge in [0.25, 0.3) is 0 Å². The molecule has 1 heterocycles. The average Bonchev–Trinajstić information content (AvgIpc) is 3.04. The molecule has 0 fully saturated rings. The Morgan fingerprint density at radius 3 is 2.50 bits per heavy atom. The Hall–Kier alpha value is -3.61. The second-order valence-corrected chi connectivity index (χ2v) is 6.86. The summed E-state index contributed by atoms with van der Waals surface area (Å²) in [6.07, 6.45) is -5.22. The van der Waals surface area contributed by atoms with Crippen LogP contribution in [0.2, 0.25) is 0 Å². The van der Waals surface area contributed by atoms with Gasteiger partial charge in [-0.25, -0.2) is 4.79 Å².